The van der Waals surface area contributed by atoms with E-state index in [1.807, 2.05) is 60.3 Å². The predicted molar refractivity (Wildman–Crippen MR) is 132 cm³/mol. The van der Waals surface area contributed by atoms with Crippen molar-refractivity contribution < 1.29 is 9.59 Å². The number of imidazole rings is 1. The Hall–Kier alpha value is -3.41. The molecular weight excluding hydrogens is 424 g/mol. The molecule has 1 aromatic heterocycles. The second kappa shape index (κ2) is 9.09. The molecule has 2 fully saturated rings. The Balaban J connectivity index is 1.50. The third-order valence-corrected chi connectivity index (χ3v) is 7.81. The molecule has 0 N–H and O–H groups in total. The summed E-state index contributed by atoms with van der Waals surface area (Å²) in [5.74, 6) is 1.23. The van der Waals surface area contributed by atoms with E-state index in [0.29, 0.717) is 26.1 Å². The highest BCUT2D eigenvalue weighted by Gasteiger charge is 2.53. The van der Waals surface area contributed by atoms with Gasteiger partial charge in [-0.2, -0.15) is 0 Å². The molecular formula is C28H32N4O2. The number of likely N-dealkylation sites (tertiary alicyclic amines) is 2. The third-order valence-electron chi connectivity index (χ3n) is 7.81. The summed E-state index contributed by atoms with van der Waals surface area (Å²) in [4.78, 5) is 35.2. The van der Waals surface area contributed by atoms with Gasteiger partial charge >= 0.3 is 0 Å². The maximum Gasteiger partial charge on any atom is 0.254 e. The number of benzene rings is 2. The summed E-state index contributed by atoms with van der Waals surface area (Å²) < 4.78 is 2.06. The molecule has 3 heterocycles. The van der Waals surface area contributed by atoms with Gasteiger partial charge in [-0.3, -0.25) is 9.59 Å². The van der Waals surface area contributed by atoms with Crippen LogP contribution in [-0.4, -0.2) is 56.8 Å². The highest BCUT2D eigenvalue weighted by molar-refractivity contribution is 5.96. The van der Waals surface area contributed by atoms with Gasteiger partial charge in [0.2, 0.25) is 5.91 Å². The summed E-state index contributed by atoms with van der Waals surface area (Å²) in [6, 6.07) is 18.3. The van der Waals surface area contributed by atoms with Gasteiger partial charge in [-0.25, -0.2) is 4.98 Å². The van der Waals surface area contributed by atoms with Crippen molar-refractivity contribution in [2.45, 2.75) is 50.6 Å². The number of hydrogen-bond acceptors (Lipinski definition) is 3. The van der Waals surface area contributed by atoms with Crippen molar-refractivity contribution in [3.63, 3.8) is 0 Å². The molecule has 2 aliphatic rings. The summed E-state index contributed by atoms with van der Waals surface area (Å²) in [5, 5.41) is 0. The maximum absolute atomic E-state index is 14.0. The Labute approximate surface area is 201 Å². The fourth-order valence-corrected chi connectivity index (χ4v) is 5.83. The second-order valence-electron chi connectivity index (χ2n) is 9.67. The Bertz CT molecular complexity index is 1190. The molecule has 2 saturated heterocycles. The number of nitrogens with zero attached hydrogens (tertiary/aromatic N) is 4. The highest BCUT2D eigenvalue weighted by atomic mass is 16.2. The first kappa shape index (κ1) is 22.4. The maximum atomic E-state index is 14.0. The largest absolute Gasteiger partial charge is 0.338 e. The molecule has 6 nitrogen and oxygen atoms in total. The minimum absolute atomic E-state index is 0.0382. The summed E-state index contributed by atoms with van der Waals surface area (Å²) in [6.07, 6.45) is 7.13. The molecule has 176 valence electrons. The van der Waals surface area contributed by atoms with Gasteiger partial charge in [-0.05, 0) is 37.0 Å². The molecule has 0 unspecified atom stereocenters. The van der Waals surface area contributed by atoms with Crippen LogP contribution in [0.15, 0.2) is 67.0 Å². The Morgan fingerprint density at radius 3 is 2.62 bits per heavy atom. The fourth-order valence-electron chi connectivity index (χ4n) is 5.83. The van der Waals surface area contributed by atoms with Crippen LogP contribution in [0.2, 0.25) is 0 Å². The molecule has 0 bridgehead atoms. The van der Waals surface area contributed by atoms with Gasteiger partial charge in [0.1, 0.15) is 5.82 Å². The van der Waals surface area contributed by atoms with E-state index in [1.54, 1.807) is 6.20 Å². The molecule has 0 radical (unpaired) electrons. The molecule has 2 atom stereocenters. The average Bonchev–Trinajstić information content (AvgIpc) is 3.42. The van der Waals surface area contributed by atoms with E-state index in [0.717, 1.165) is 36.2 Å². The summed E-state index contributed by atoms with van der Waals surface area (Å²) >= 11 is 0. The molecule has 2 aliphatic heterocycles. The van der Waals surface area contributed by atoms with Gasteiger partial charge in [-0.15, -0.1) is 0 Å². The topological polar surface area (TPSA) is 58.4 Å². The van der Waals surface area contributed by atoms with Gasteiger partial charge in [0, 0.05) is 57.0 Å². The minimum Gasteiger partial charge on any atom is -0.338 e. The van der Waals surface area contributed by atoms with Crippen LogP contribution in [0.1, 0.15) is 58.9 Å². The van der Waals surface area contributed by atoms with E-state index in [1.165, 1.54) is 5.56 Å². The molecule has 0 saturated carbocycles. The van der Waals surface area contributed by atoms with Crippen molar-refractivity contribution in [1.82, 2.24) is 19.4 Å². The number of aryl methyl sites for hydroxylation is 1. The standard InChI is InChI=1S/C28H32N4O2/c1-21-29-16-17-31(21)18-23-12-6-7-13-24(23)27(34)32-19-25(22-10-4-3-5-11-22)28(20-32)15-9-8-14-26(33)30(28)2/h3-7,10-13,16-17,25H,8-9,14-15,18-20H2,1-2H3/t25-,28+/m0/s1. The lowest BCUT2D eigenvalue weighted by atomic mass is 9.78. The summed E-state index contributed by atoms with van der Waals surface area (Å²) in [5.41, 5.74) is 2.53. The molecule has 0 aliphatic carbocycles. The van der Waals surface area contributed by atoms with Crippen LogP contribution in [0.25, 0.3) is 0 Å². The normalized spacial score (nSPS) is 22.9. The van der Waals surface area contributed by atoms with Crippen molar-refractivity contribution >= 4 is 11.8 Å². The monoisotopic (exact) mass is 456 g/mol. The van der Waals surface area contributed by atoms with Gasteiger partial charge in [0.25, 0.3) is 5.91 Å². The van der Waals surface area contributed by atoms with Crippen LogP contribution in [0.5, 0.6) is 0 Å². The molecule has 6 heteroatoms. The van der Waals surface area contributed by atoms with Crippen molar-refractivity contribution in [2.24, 2.45) is 0 Å². The number of hydrogen-bond donors (Lipinski definition) is 0. The number of aromatic nitrogens is 2. The van der Waals surface area contributed by atoms with Gasteiger partial charge in [0.15, 0.2) is 0 Å². The first-order valence-corrected chi connectivity index (χ1v) is 12.2. The van der Waals surface area contributed by atoms with E-state index >= 15 is 0 Å². The first-order chi connectivity index (χ1) is 16.5. The predicted octanol–water partition coefficient (Wildman–Crippen LogP) is 4.25. The van der Waals surface area contributed by atoms with Crippen molar-refractivity contribution in [3.05, 3.63) is 89.5 Å². The smallest absolute Gasteiger partial charge is 0.254 e. The van der Waals surface area contributed by atoms with Crippen LogP contribution >= 0.6 is 0 Å². The lowest BCUT2D eigenvalue weighted by Crippen LogP contribution is -2.53. The van der Waals surface area contributed by atoms with Crippen molar-refractivity contribution in [1.29, 1.82) is 0 Å². The molecule has 2 aromatic carbocycles. The Kier molecular flexibility index (Phi) is 5.98. The SMILES string of the molecule is Cc1nccn1Cc1ccccc1C(=O)N1C[C@@H](c2ccccc2)[C@@]2(CCCCC(=O)N2C)C1. The van der Waals surface area contributed by atoms with E-state index < -0.39 is 0 Å². The van der Waals surface area contributed by atoms with Gasteiger partial charge in [0.05, 0.1) is 5.54 Å². The zero-order chi connectivity index (χ0) is 23.7. The van der Waals surface area contributed by atoms with Crippen LogP contribution in [0.3, 0.4) is 0 Å². The van der Waals surface area contributed by atoms with Crippen LogP contribution in [0, 0.1) is 6.92 Å². The fraction of sp³-hybridized carbons (Fsp3) is 0.393. The zero-order valence-electron chi connectivity index (χ0n) is 20.0. The minimum atomic E-state index is -0.375. The zero-order valence-corrected chi connectivity index (χ0v) is 20.0. The average molecular weight is 457 g/mol. The molecule has 5 rings (SSSR count). The Morgan fingerprint density at radius 1 is 1.09 bits per heavy atom. The molecule has 1 spiro atoms. The van der Waals surface area contributed by atoms with Crippen LogP contribution < -0.4 is 0 Å². The molecule has 3 aromatic rings. The van der Waals surface area contributed by atoms with E-state index in [-0.39, 0.29) is 23.3 Å². The number of carbonyl (C=O) groups is 2. The summed E-state index contributed by atoms with van der Waals surface area (Å²) in [6.45, 7) is 3.75. The van der Waals surface area contributed by atoms with E-state index in [9.17, 15) is 9.59 Å². The van der Waals surface area contributed by atoms with Crippen molar-refractivity contribution in [3.8, 4) is 0 Å². The first-order valence-electron chi connectivity index (χ1n) is 12.2. The number of amides is 2. The van der Waals surface area contributed by atoms with Gasteiger partial charge < -0.3 is 14.4 Å². The van der Waals surface area contributed by atoms with Gasteiger partial charge in [-0.1, -0.05) is 55.0 Å². The number of likely N-dealkylation sites (N-methyl/N-ethyl adjacent to an activating group) is 1. The Morgan fingerprint density at radius 2 is 1.85 bits per heavy atom. The summed E-state index contributed by atoms with van der Waals surface area (Å²) in [7, 11) is 1.94. The lowest BCUT2D eigenvalue weighted by molar-refractivity contribution is -0.134. The molecule has 34 heavy (non-hydrogen) atoms. The van der Waals surface area contributed by atoms with Crippen molar-refractivity contribution in [2.75, 3.05) is 20.1 Å². The quantitative estimate of drug-likeness (QED) is 0.590. The molecule has 2 amide bonds. The number of rotatable bonds is 4. The highest BCUT2D eigenvalue weighted by Crippen LogP contribution is 2.45. The van der Waals surface area contributed by atoms with E-state index in [2.05, 4.69) is 33.8 Å². The number of carbonyl (C=O) groups excluding carboxylic acids is 2. The second-order valence-corrected chi connectivity index (χ2v) is 9.67. The van der Waals surface area contributed by atoms with Crippen LogP contribution in [0.4, 0.5) is 0 Å². The van der Waals surface area contributed by atoms with Crippen LogP contribution in [-0.2, 0) is 11.3 Å². The van der Waals surface area contributed by atoms with E-state index in [4.69, 9.17) is 0 Å². The third kappa shape index (κ3) is 3.91. The lowest BCUT2D eigenvalue weighted by Gasteiger charge is -2.42.